The number of urea groups is 1. The number of rotatable bonds is 9. The van der Waals surface area contributed by atoms with Crippen molar-refractivity contribution in [2.24, 2.45) is 0 Å². The summed E-state index contributed by atoms with van der Waals surface area (Å²) in [6, 6.07) is 8.85. The maximum atomic E-state index is 13.8. The van der Waals surface area contributed by atoms with Crippen LogP contribution in [0.15, 0.2) is 35.9 Å². The third-order valence-corrected chi connectivity index (χ3v) is 7.54. The molecule has 2 atom stereocenters. The summed E-state index contributed by atoms with van der Waals surface area (Å²) in [5.41, 5.74) is 0.801. The van der Waals surface area contributed by atoms with Gasteiger partial charge in [0.15, 0.2) is 0 Å². The van der Waals surface area contributed by atoms with Crippen molar-refractivity contribution >= 4 is 19.1 Å². The summed E-state index contributed by atoms with van der Waals surface area (Å²) in [6.07, 6.45) is 4.50. The van der Waals surface area contributed by atoms with E-state index in [9.17, 15) is 33.7 Å². The summed E-state index contributed by atoms with van der Waals surface area (Å²) >= 11 is 0. The molecule has 4 N–H and O–H groups in total. The van der Waals surface area contributed by atoms with Gasteiger partial charge in [0.1, 0.15) is 11.6 Å². The SMILES string of the molecule is CNC(=O)NC(Cc1cccc(CC2CCCCN2C(=O)C(C#N)=CC(C)(C)N2CCC(F)(F)C2)c1)B(O)O. The molecule has 0 radical (unpaired) electrons. The van der Waals surface area contributed by atoms with Crippen LogP contribution in [0.3, 0.4) is 0 Å². The van der Waals surface area contributed by atoms with Gasteiger partial charge in [0.05, 0.1) is 12.5 Å². The Labute approximate surface area is 229 Å². The van der Waals surface area contributed by atoms with Crippen molar-refractivity contribution in [1.82, 2.24) is 20.4 Å². The highest BCUT2D eigenvalue weighted by molar-refractivity contribution is 6.43. The third kappa shape index (κ3) is 8.24. The predicted octanol–water partition coefficient (Wildman–Crippen LogP) is 2.03. The maximum absolute atomic E-state index is 13.8. The highest BCUT2D eigenvalue weighted by Crippen LogP contribution is 2.33. The van der Waals surface area contributed by atoms with Gasteiger partial charge in [0, 0.05) is 38.1 Å². The Hall–Kier alpha value is -3.01. The minimum Gasteiger partial charge on any atom is -0.426 e. The number of carbonyl (C=O) groups is 2. The zero-order valence-corrected chi connectivity index (χ0v) is 22.8. The number of benzene rings is 1. The molecular weight excluding hydrogens is 507 g/mol. The highest BCUT2D eigenvalue weighted by Gasteiger charge is 2.43. The number of carbonyl (C=O) groups excluding carboxylic acids is 2. The Morgan fingerprint density at radius 1 is 1.28 bits per heavy atom. The average Bonchev–Trinajstić information content (AvgIpc) is 3.27. The van der Waals surface area contributed by atoms with E-state index >= 15 is 0 Å². The van der Waals surface area contributed by atoms with Crippen LogP contribution in [-0.2, 0) is 17.6 Å². The number of nitriles is 1. The maximum Gasteiger partial charge on any atom is 0.475 e. The van der Waals surface area contributed by atoms with Crippen molar-refractivity contribution in [2.45, 2.75) is 75.8 Å². The van der Waals surface area contributed by atoms with E-state index in [-0.39, 0.29) is 31.0 Å². The number of nitrogens with zero attached hydrogens (tertiary/aromatic N) is 3. The number of hydrogen-bond donors (Lipinski definition) is 4. The Morgan fingerprint density at radius 3 is 2.62 bits per heavy atom. The first-order valence-electron chi connectivity index (χ1n) is 13.3. The Kier molecular flexibility index (Phi) is 10.1. The standard InChI is InChI=1S/C27H38BF2N5O4/c1-26(2,34-12-10-27(29,30)18-34)16-21(17-31)24(36)35-11-5-4-9-22(35)14-19-7-6-8-20(13-19)15-23(28(38)39)33-25(37)32-3/h6-8,13,16,22-23,38-39H,4-5,9-12,14-15,18H2,1-3H3,(H2,32,33,37). The number of alkyl halides is 2. The summed E-state index contributed by atoms with van der Waals surface area (Å²) in [7, 11) is -0.308. The molecule has 9 nitrogen and oxygen atoms in total. The first-order chi connectivity index (χ1) is 18.3. The molecule has 2 fully saturated rings. The van der Waals surface area contributed by atoms with Gasteiger partial charge >= 0.3 is 13.1 Å². The second-order valence-electron chi connectivity index (χ2n) is 11.0. The van der Waals surface area contributed by atoms with E-state index < -0.39 is 43.0 Å². The minimum absolute atomic E-state index is 0.0454. The number of halogens is 2. The van der Waals surface area contributed by atoms with Gasteiger partial charge in [-0.05, 0) is 63.2 Å². The molecule has 0 saturated carbocycles. The van der Waals surface area contributed by atoms with E-state index in [1.54, 1.807) is 23.6 Å². The van der Waals surface area contributed by atoms with Crippen molar-refractivity contribution in [1.29, 1.82) is 5.26 Å². The molecule has 3 rings (SSSR count). The van der Waals surface area contributed by atoms with Gasteiger partial charge in [-0.1, -0.05) is 24.3 Å². The number of hydrogen-bond acceptors (Lipinski definition) is 6. The van der Waals surface area contributed by atoms with Crippen LogP contribution in [0.25, 0.3) is 0 Å². The Bertz CT molecular complexity index is 1110. The van der Waals surface area contributed by atoms with Gasteiger partial charge in [-0.2, -0.15) is 5.26 Å². The summed E-state index contributed by atoms with van der Waals surface area (Å²) in [5.74, 6) is -4.08. The normalized spacial score (nSPS) is 20.7. The lowest BCUT2D eigenvalue weighted by molar-refractivity contribution is -0.130. The smallest absolute Gasteiger partial charge is 0.426 e. The van der Waals surface area contributed by atoms with Gasteiger partial charge in [0.2, 0.25) is 0 Å². The van der Waals surface area contributed by atoms with Crippen molar-refractivity contribution in [2.75, 3.05) is 26.7 Å². The third-order valence-electron chi connectivity index (χ3n) is 7.54. The van der Waals surface area contributed by atoms with E-state index in [1.165, 1.54) is 13.1 Å². The van der Waals surface area contributed by atoms with Crippen LogP contribution in [0.5, 0.6) is 0 Å². The largest absolute Gasteiger partial charge is 0.475 e. The lowest BCUT2D eigenvalue weighted by Gasteiger charge is -2.37. The number of amides is 3. The lowest BCUT2D eigenvalue weighted by Crippen LogP contribution is -2.50. The fourth-order valence-corrected chi connectivity index (χ4v) is 5.33. The zero-order valence-electron chi connectivity index (χ0n) is 22.8. The van der Waals surface area contributed by atoms with Crippen LogP contribution in [0, 0.1) is 11.3 Å². The van der Waals surface area contributed by atoms with Crippen LogP contribution >= 0.6 is 0 Å². The van der Waals surface area contributed by atoms with Crippen LogP contribution in [0.2, 0.25) is 0 Å². The number of likely N-dealkylation sites (tertiary alicyclic amines) is 2. The van der Waals surface area contributed by atoms with Gasteiger partial charge in [-0.15, -0.1) is 0 Å². The molecule has 2 aliphatic rings. The molecule has 1 aromatic rings. The molecule has 0 spiro atoms. The van der Waals surface area contributed by atoms with Crippen LogP contribution in [-0.4, -0.2) is 89.0 Å². The average molecular weight is 545 g/mol. The molecule has 0 aromatic heterocycles. The molecule has 2 unspecified atom stereocenters. The lowest BCUT2D eigenvalue weighted by atomic mass is 9.76. The topological polar surface area (TPSA) is 129 Å². The fraction of sp³-hybridized carbons (Fsp3) is 0.593. The van der Waals surface area contributed by atoms with E-state index in [1.807, 2.05) is 30.3 Å². The molecule has 2 heterocycles. The van der Waals surface area contributed by atoms with Crippen molar-refractivity contribution in [3.63, 3.8) is 0 Å². The molecule has 39 heavy (non-hydrogen) atoms. The molecule has 2 aliphatic heterocycles. The highest BCUT2D eigenvalue weighted by atomic mass is 19.3. The predicted molar refractivity (Wildman–Crippen MR) is 144 cm³/mol. The van der Waals surface area contributed by atoms with Gasteiger partial charge in [-0.25, -0.2) is 13.6 Å². The first kappa shape index (κ1) is 30.5. The van der Waals surface area contributed by atoms with E-state index in [0.717, 1.165) is 30.4 Å². The van der Waals surface area contributed by atoms with Crippen LogP contribution in [0.1, 0.15) is 50.7 Å². The molecule has 0 bridgehead atoms. The summed E-state index contributed by atoms with van der Waals surface area (Å²) in [5, 5.41) is 34.1. The Morgan fingerprint density at radius 2 is 2.00 bits per heavy atom. The van der Waals surface area contributed by atoms with Crippen LogP contribution < -0.4 is 10.6 Å². The molecule has 2 saturated heterocycles. The molecule has 212 valence electrons. The monoisotopic (exact) mass is 545 g/mol. The molecule has 1 aromatic carbocycles. The first-order valence-corrected chi connectivity index (χ1v) is 13.3. The summed E-state index contributed by atoms with van der Waals surface area (Å²) in [6.45, 7) is 3.78. The number of nitrogens with one attached hydrogen (secondary N) is 2. The van der Waals surface area contributed by atoms with E-state index in [2.05, 4.69) is 10.6 Å². The van der Waals surface area contributed by atoms with Gasteiger partial charge < -0.3 is 25.6 Å². The van der Waals surface area contributed by atoms with Gasteiger partial charge in [-0.3, -0.25) is 9.69 Å². The molecular formula is C27H38BF2N5O4. The fourth-order valence-electron chi connectivity index (χ4n) is 5.33. The van der Waals surface area contributed by atoms with Crippen molar-refractivity contribution in [3.8, 4) is 6.07 Å². The molecule has 12 heteroatoms. The van der Waals surface area contributed by atoms with Crippen molar-refractivity contribution in [3.05, 3.63) is 47.0 Å². The van der Waals surface area contributed by atoms with Crippen LogP contribution in [0.4, 0.5) is 13.6 Å². The van der Waals surface area contributed by atoms with E-state index in [4.69, 9.17) is 0 Å². The second kappa shape index (κ2) is 12.9. The molecule has 3 amide bonds. The Balaban J connectivity index is 1.75. The van der Waals surface area contributed by atoms with Gasteiger partial charge in [0.25, 0.3) is 11.8 Å². The second-order valence-corrected chi connectivity index (χ2v) is 11.0. The van der Waals surface area contributed by atoms with E-state index in [0.29, 0.717) is 13.0 Å². The summed E-state index contributed by atoms with van der Waals surface area (Å²) in [4.78, 5) is 28.5. The van der Waals surface area contributed by atoms with Crippen molar-refractivity contribution < 1.29 is 28.4 Å². The minimum atomic E-state index is -2.78. The zero-order chi connectivity index (χ0) is 28.8. The number of piperidine rings is 1. The quantitative estimate of drug-likeness (QED) is 0.214. The summed E-state index contributed by atoms with van der Waals surface area (Å²) < 4.78 is 27.6. The molecule has 0 aliphatic carbocycles.